The summed E-state index contributed by atoms with van der Waals surface area (Å²) in [6, 6.07) is 2.03. The van der Waals surface area contributed by atoms with Gasteiger partial charge in [-0.3, -0.25) is 0 Å². The number of anilines is 2. The molecule has 4 nitrogen and oxygen atoms in total. The Morgan fingerprint density at radius 1 is 1.28 bits per heavy atom. The SMILES string of the molecule is Cc1cc(N2CCCC(C(C)C)CC2)nc(N)n1. The molecule has 0 spiro atoms. The van der Waals surface area contributed by atoms with Gasteiger partial charge < -0.3 is 10.6 Å². The first kappa shape index (κ1) is 13.1. The van der Waals surface area contributed by atoms with Crippen LogP contribution in [0.5, 0.6) is 0 Å². The Morgan fingerprint density at radius 3 is 2.72 bits per heavy atom. The van der Waals surface area contributed by atoms with E-state index in [2.05, 4.69) is 28.7 Å². The van der Waals surface area contributed by atoms with Crippen LogP contribution in [0.4, 0.5) is 11.8 Å². The predicted octanol–water partition coefficient (Wildman–Crippen LogP) is 2.63. The van der Waals surface area contributed by atoms with E-state index < -0.39 is 0 Å². The van der Waals surface area contributed by atoms with Crippen molar-refractivity contribution in [1.29, 1.82) is 0 Å². The van der Waals surface area contributed by atoms with Crippen molar-refractivity contribution in [2.75, 3.05) is 23.7 Å². The molecule has 4 heteroatoms. The van der Waals surface area contributed by atoms with Crippen molar-refractivity contribution in [1.82, 2.24) is 9.97 Å². The lowest BCUT2D eigenvalue weighted by Gasteiger charge is -2.22. The summed E-state index contributed by atoms with van der Waals surface area (Å²) in [7, 11) is 0. The second-order valence-electron chi connectivity index (χ2n) is 5.65. The Labute approximate surface area is 110 Å². The number of hydrogen-bond acceptors (Lipinski definition) is 4. The second kappa shape index (κ2) is 5.55. The van der Waals surface area contributed by atoms with E-state index in [1.54, 1.807) is 0 Å². The fourth-order valence-electron chi connectivity index (χ4n) is 2.75. The van der Waals surface area contributed by atoms with Crippen molar-refractivity contribution in [2.24, 2.45) is 11.8 Å². The third kappa shape index (κ3) is 3.12. The van der Waals surface area contributed by atoms with E-state index in [0.717, 1.165) is 36.4 Å². The second-order valence-corrected chi connectivity index (χ2v) is 5.65. The minimum Gasteiger partial charge on any atom is -0.368 e. The van der Waals surface area contributed by atoms with Gasteiger partial charge in [-0.25, -0.2) is 4.98 Å². The van der Waals surface area contributed by atoms with E-state index in [1.807, 2.05) is 13.0 Å². The average molecular weight is 248 g/mol. The summed E-state index contributed by atoms with van der Waals surface area (Å²) in [6.07, 6.45) is 3.82. The van der Waals surface area contributed by atoms with Gasteiger partial charge in [-0.1, -0.05) is 13.8 Å². The number of rotatable bonds is 2. The molecule has 2 rings (SSSR count). The van der Waals surface area contributed by atoms with Crippen molar-refractivity contribution >= 4 is 11.8 Å². The zero-order valence-corrected chi connectivity index (χ0v) is 11.7. The van der Waals surface area contributed by atoms with E-state index in [4.69, 9.17) is 5.73 Å². The Kier molecular flexibility index (Phi) is 4.04. The third-order valence-corrected chi connectivity index (χ3v) is 3.90. The summed E-state index contributed by atoms with van der Waals surface area (Å²) in [5.41, 5.74) is 6.68. The minimum atomic E-state index is 0.384. The molecule has 1 saturated heterocycles. The number of nitrogens with two attached hydrogens (primary N) is 1. The molecule has 0 aromatic carbocycles. The van der Waals surface area contributed by atoms with Gasteiger partial charge in [0, 0.05) is 24.8 Å². The van der Waals surface area contributed by atoms with Crippen LogP contribution in [0.1, 0.15) is 38.8 Å². The lowest BCUT2D eigenvalue weighted by Crippen LogP contribution is -2.26. The molecule has 2 heterocycles. The van der Waals surface area contributed by atoms with E-state index in [0.29, 0.717) is 5.95 Å². The van der Waals surface area contributed by atoms with Crippen LogP contribution in [-0.2, 0) is 0 Å². The van der Waals surface area contributed by atoms with Gasteiger partial charge in [0.1, 0.15) is 5.82 Å². The first-order chi connectivity index (χ1) is 8.56. The van der Waals surface area contributed by atoms with E-state index >= 15 is 0 Å². The molecular formula is C14H24N4. The molecule has 1 aromatic heterocycles. The molecule has 100 valence electrons. The number of aromatic nitrogens is 2. The Balaban J connectivity index is 2.09. The number of aryl methyl sites for hydroxylation is 1. The molecule has 0 radical (unpaired) electrons. The first-order valence-electron chi connectivity index (χ1n) is 6.92. The highest BCUT2D eigenvalue weighted by Crippen LogP contribution is 2.26. The molecular weight excluding hydrogens is 224 g/mol. The van der Waals surface area contributed by atoms with Crippen molar-refractivity contribution in [3.63, 3.8) is 0 Å². The van der Waals surface area contributed by atoms with Gasteiger partial charge in [-0.15, -0.1) is 0 Å². The van der Waals surface area contributed by atoms with Gasteiger partial charge in [-0.2, -0.15) is 4.98 Å². The van der Waals surface area contributed by atoms with Gasteiger partial charge in [0.2, 0.25) is 5.95 Å². The summed E-state index contributed by atoms with van der Waals surface area (Å²) in [5.74, 6) is 3.00. The molecule has 1 aromatic rings. The summed E-state index contributed by atoms with van der Waals surface area (Å²) < 4.78 is 0. The Hall–Kier alpha value is -1.32. The molecule has 1 unspecified atom stereocenters. The number of hydrogen-bond donors (Lipinski definition) is 1. The zero-order chi connectivity index (χ0) is 13.1. The maximum absolute atomic E-state index is 5.73. The van der Waals surface area contributed by atoms with Crippen LogP contribution < -0.4 is 10.6 Å². The smallest absolute Gasteiger partial charge is 0.222 e. The summed E-state index contributed by atoms with van der Waals surface area (Å²) in [6.45, 7) is 8.79. The number of nitrogen functional groups attached to an aromatic ring is 1. The first-order valence-corrected chi connectivity index (χ1v) is 6.92. The number of nitrogens with zero attached hydrogens (tertiary/aromatic N) is 3. The van der Waals surface area contributed by atoms with Crippen LogP contribution in [-0.4, -0.2) is 23.1 Å². The summed E-state index contributed by atoms with van der Waals surface area (Å²) >= 11 is 0. The maximum Gasteiger partial charge on any atom is 0.222 e. The van der Waals surface area contributed by atoms with Crippen molar-refractivity contribution in [3.05, 3.63) is 11.8 Å². The monoisotopic (exact) mass is 248 g/mol. The summed E-state index contributed by atoms with van der Waals surface area (Å²) in [4.78, 5) is 10.9. The third-order valence-electron chi connectivity index (χ3n) is 3.90. The molecule has 1 aliphatic rings. The molecule has 1 aliphatic heterocycles. The van der Waals surface area contributed by atoms with Crippen LogP contribution in [0.25, 0.3) is 0 Å². The fraction of sp³-hybridized carbons (Fsp3) is 0.714. The van der Waals surface area contributed by atoms with Crippen LogP contribution in [0.2, 0.25) is 0 Å². The van der Waals surface area contributed by atoms with Gasteiger partial charge in [-0.05, 0) is 38.0 Å². The molecule has 2 N–H and O–H groups in total. The fourth-order valence-corrected chi connectivity index (χ4v) is 2.75. The largest absolute Gasteiger partial charge is 0.368 e. The molecule has 18 heavy (non-hydrogen) atoms. The van der Waals surface area contributed by atoms with Crippen LogP contribution in [0.3, 0.4) is 0 Å². The minimum absolute atomic E-state index is 0.384. The lowest BCUT2D eigenvalue weighted by atomic mass is 9.89. The Morgan fingerprint density at radius 2 is 2.06 bits per heavy atom. The normalized spacial score (nSPS) is 21.1. The van der Waals surface area contributed by atoms with Crippen LogP contribution >= 0.6 is 0 Å². The maximum atomic E-state index is 5.73. The van der Waals surface area contributed by atoms with Gasteiger partial charge in [0.15, 0.2) is 0 Å². The van der Waals surface area contributed by atoms with Crippen LogP contribution in [0.15, 0.2) is 6.07 Å². The van der Waals surface area contributed by atoms with Gasteiger partial charge in [0.25, 0.3) is 0 Å². The zero-order valence-electron chi connectivity index (χ0n) is 11.7. The van der Waals surface area contributed by atoms with E-state index in [1.165, 1.54) is 19.3 Å². The van der Waals surface area contributed by atoms with Gasteiger partial charge >= 0.3 is 0 Å². The Bertz CT molecular complexity index is 383. The van der Waals surface area contributed by atoms with Crippen molar-refractivity contribution in [3.8, 4) is 0 Å². The highest BCUT2D eigenvalue weighted by atomic mass is 15.2. The van der Waals surface area contributed by atoms with E-state index in [-0.39, 0.29) is 0 Å². The molecule has 1 atom stereocenters. The predicted molar refractivity (Wildman–Crippen MR) is 75.6 cm³/mol. The topological polar surface area (TPSA) is 55.0 Å². The highest BCUT2D eigenvalue weighted by Gasteiger charge is 2.20. The average Bonchev–Trinajstić information content (AvgIpc) is 2.52. The standard InChI is InChI=1S/C14H24N4/c1-10(2)12-5-4-7-18(8-6-12)13-9-11(3)16-14(15)17-13/h9-10,12H,4-8H2,1-3H3,(H2,15,16,17). The summed E-state index contributed by atoms with van der Waals surface area (Å²) in [5, 5.41) is 0. The quantitative estimate of drug-likeness (QED) is 0.874. The van der Waals surface area contributed by atoms with Gasteiger partial charge in [0.05, 0.1) is 0 Å². The molecule has 0 saturated carbocycles. The van der Waals surface area contributed by atoms with Crippen LogP contribution in [0, 0.1) is 18.8 Å². The highest BCUT2D eigenvalue weighted by molar-refractivity contribution is 5.43. The molecule has 0 bridgehead atoms. The lowest BCUT2D eigenvalue weighted by molar-refractivity contribution is 0.351. The van der Waals surface area contributed by atoms with Crippen molar-refractivity contribution in [2.45, 2.75) is 40.0 Å². The molecule has 1 fully saturated rings. The molecule has 0 aliphatic carbocycles. The molecule has 0 amide bonds. The van der Waals surface area contributed by atoms with E-state index in [9.17, 15) is 0 Å². The van der Waals surface area contributed by atoms with Crippen molar-refractivity contribution < 1.29 is 0 Å².